The van der Waals surface area contributed by atoms with Crippen molar-refractivity contribution < 1.29 is 19.5 Å². The third kappa shape index (κ3) is 12.7. The Hall–Kier alpha value is -1.59. The van der Waals surface area contributed by atoms with E-state index in [-0.39, 0.29) is 24.3 Å². The van der Waals surface area contributed by atoms with Crippen LogP contribution in [-0.4, -0.2) is 35.5 Å². The molecule has 0 heterocycles. The van der Waals surface area contributed by atoms with Gasteiger partial charge in [-0.05, 0) is 33.1 Å². The van der Waals surface area contributed by atoms with E-state index in [4.69, 9.17) is 5.11 Å². The number of aliphatic carboxylic acids is 1. The van der Waals surface area contributed by atoms with Crippen LogP contribution in [-0.2, 0) is 14.4 Å². The average molecular weight is 272 g/mol. The quantitative estimate of drug-likeness (QED) is 0.518. The van der Waals surface area contributed by atoms with Crippen molar-refractivity contribution in [2.75, 3.05) is 6.54 Å². The molecule has 0 aromatic rings. The molecule has 0 saturated carbocycles. The molecular formula is C13H24N2O4. The molecule has 19 heavy (non-hydrogen) atoms. The van der Waals surface area contributed by atoms with Gasteiger partial charge in [0.1, 0.15) is 0 Å². The summed E-state index contributed by atoms with van der Waals surface area (Å²) < 4.78 is 0. The van der Waals surface area contributed by atoms with Crippen molar-refractivity contribution in [2.45, 2.75) is 58.4 Å². The van der Waals surface area contributed by atoms with Crippen LogP contribution >= 0.6 is 0 Å². The van der Waals surface area contributed by atoms with Crippen LogP contribution in [0, 0.1) is 0 Å². The Morgan fingerprint density at radius 1 is 0.947 bits per heavy atom. The lowest BCUT2D eigenvalue weighted by molar-refractivity contribution is -0.137. The van der Waals surface area contributed by atoms with Crippen LogP contribution in [0.1, 0.15) is 52.4 Å². The lowest BCUT2D eigenvalue weighted by Crippen LogP contribution is -2.30. The predicted octanol–water partition coefficient (Wildman–Crippen LogP) is 1.05. The summed E-state index contributed by atoms with van der Waals surface area (Å²) in [6.45, 7) is 4.27. The van der Waals surface area contributed by atoms with E-state index >= 15 is 0 Å². The standard InChI is InChI=1S/C13H24N2O4/c1-10(2)15-12(17)7-5-6-11(16)14-9-4-3-8-13(18)19/h10H,3-9H2,1-2H3,(H,14,16)(H,15,17)(H,18,19). The summed E-state index contributed by atoms with van der Waals surface area (Å²) in [5.41, 5.74) is 0. The lowest BCUT2D eigenvalue weighted by Gasteiger charge is -2.08. The highest BCUT2D eigenvalue weighted by atomic mass is 16.4. The number of hydrogen-bond acceptors (Lipinski definition) is 3. The van der Waals surface area contributed by atoms with Crippen LogP contribution in [0.2, 0.25) is 0 Å². The minimum Gasteiger partial charge on any atom is -0.481 e. The van der Waals surface area contributed by atoms with Crippen LogP contribution in [0.25, 0.3) is 0 Å². The lowest BCUT2D eigenvalue weighted by atomic mass is 10.2. The Bertz CT molecular complexity index is 303. The summed E-state index contributed by atoms with van der Waals surface area (Å²) in [6, 6.07) is 0.121. The second-order valence-electron chi connectivity index (χ2n) is 4.78. The van der Waals surface area contributed by atoms with Crippen molar-refractivity contribution in [2.24, 2.45) is 0 Å². The number of carbonyl (C=O) groups is 3. The maximum Gasteiger partial charge on any atom is 0.303 e. The van der Waals surface area contributed by atoms with Gasteiger partial charge >= 0.3 is 5.97 Å². The van der Waals surface area contributed by atoms with Gasteiger partial charge < -0.3 is 15.7 Å². The summed E-state index contributed by atoms with van der Waals surface area (Å²) in [5.74, 6) is -0.945. The zero-order valence-corrected chi connectivity index (χ0v) is 11.7. The van der Waals surface area contributed by atoms with Crippen molar-refractivity contribution in [3.05, 3.63) is 0 Å². The number of nitrogens with one attached hydrogen (secondary N) is 2. The Labute approximate surface area is 113 Å². The van der Waals surface area contributed by atoms with E-state index in [1.807, 2.05) is 13.8 Å². The molecule has 0 aromatic carbocycles. The van der Waals surface area contributed by atoms with Gasteiger partial charge in [0, 0.05) is 31.8 Å². The second kappa shape index (κ2) is 10.3. The Morgan fingerprint density at radius 2 is 1.58 bits per heavy atom. The summed E-state index contributed by atoms with van der Waals surface area (Å²) >= 11 is 0. The van der Waals surface area contributed by atoms with Gasteiger partial charge in [0.15, 0.2) is 0 Å². The number of hydrogen-bond donors (Lipinski definition) is 3. The number of carboxylic acid groups (broad SMARTS) is 1. The fourth-order valence-corrected chi connectivity index (χ4v) is 1.52. The van der Waals surface area contributed by atoms with Crippen LogP contribution in [0.4, 0.5) is 0 Å². The Morgan fingerprint density at radius 3 is 2.16 bits per heavy atom. The van der Waals surface area contributed by atoms with Gasteiger partial charge in [0.05, 0.1) is 0 Å². The van der Waals surface area contributed by atoms with E-state index in [0.717, 1.165) is 0 Å². The highest BCUT2D eigenvalue weighted by Crippen LogP contribution is 1.97. The van der Waals surface area contributed by atoms with E-state index in [9.17, 15) is 14.4 Å². The van der Waals surface area contributed by atoms with Crippen molar-refractivity contribution in [1.82, 2.24) is 10.6 Å². The van der Waals surface area contributed by atoms with E-state index in [0.29, 0.717) is 38.6 Å². The summed E-state index contributed by atoms with van der Waals surface area (Å²) in [7, 11) is 0. The molecule has 0 fully saturated rings. The largest absolute Gasteiger partial charge is 0.481 e. The van der Waals surface area contributed by atoms with Crippen molar-refractivity contribution in [3.63, 3.8) is 0 Å². The maximum atomic E-state index is 11.4. The smallest absolute Gasteiger partial charge is 0.303 e. The predicted molar refractivity (Wildman–Crippen MR) is 71.6 cm³/mol. The molecule has 0 aromatic heterocycles. The summed E-state index contributed by atoms with van der Waals surface area (Å²) in [4.78, 5) is 32.9. The molecule has 0 aliphatic carbocycles. The molecule has 0 aliphatic heterocycles. The molecule has 0 bridgehead atoms. The summed E-state index contributed by atoms with van der Waals surface area (Å²) in [6.07, 6.45) is 2.55. The average Bonchev–Trinajstić information content (AvgIpc) is 2.27. The normalized spacial score (nSPS) is 10.3. The topological polar surface area (TPSA) is 95.5 Å². The minimum absolute atomic E-state index is 0.0377. The number of rotatable bonds is 10. The molecule has 6 heteroatoms. The number of amides is 2. The van der Waals surface area contributed by atoms with Crippen molar-refractivity contribution in [1.29, 1.82) is 0 Å². The first kappa shape index (κ1) is 17.4. The fourth-order valence-electron chi connectivity index (χ4n) is 1.52. The maximum absolute atomic E-state index is 11.4. The number of unbranched alkanes of at least 4 members (excludes halogenated alkanes) is 1. The molecule has 0 radical (unpaired) electrons. The van der Waals surface area contributed by atoms with Crippen LogP contribution in [0.3, 0.4) is 0 Å². The van der Waals surface area contributed by atoms with Gasteiger partial charge in [0.25, 0.3) is 0 Å². The molecule has 0 rings (SSSR count). The Kier molecular flexibility index (Phi) is 9.48. The van der Waals surface area contributed by atoms with Gasteiger partial charge in [-0.1, -0.05) is 0 Å². The van der Waals surface area contributed by atoms with E-state index in [2.05, 4.69) is 10.6 Å². The van der Waals surface area contributed by atoms with Crippen molar-refractivity contribution in [3.8, 4) is 0 Å². The highest BCUT2D eigenvalue weighted by Gasteiger charge is 2.06. The first-order valence-electron chi connectivity index (χ1n) is 6.69. The SMILES string of the molecule is CC(C)NC(=O)CCCC(=O)NCCCCC(=O)O. The second-order valence-corrected chi connectivity index (χ2v) is 4.78. The third-order valence-corrected chi connectivity index (χ3v) is 2.40. The van der Waals surface area contributed by atoms with E-state index in [1.165, 1.54) is 0 Å². The molecule has 0 atom stereocenters. The molecule has 6 nitrogen and oxygen atoms in total. The highest BCUT2D eigenvalue weighted by molar-refractivity contribution is 5.78. The molecule has 0 saturated heterocycles. The van der Waals surface area contributed by atoms with Crippen molar-refractivity contribution >= 4 is 17.8 Å². The monoisotopic (exact) mass is 272 g/mol. The molecule has 0 aliphatic rings. The third-order valence-electron chi connectivity index (χ3n) is 2.40. The van der Waals surface area contributed by atoms with Gasteiger partial charge in [0.2, 0.25) is 11.8 Å². The first-order valence-corrected chi connectivity index (χ1v) is 6.69. The van der Waals surface area contributed by atoms with Gasteiger partial charge in [-0.15, -0.1) is 0 Å². The molecule has 110 valence electrons. The van der Waals surface area contributed by atoms with Gasteiger partial charge in [-0.3, -0.25) is 14.4 Å². The zero-order chi connectivity index (χ0) is 14.7. The molecule has 0 spiro atoms. The Balaban J connectivity index is 3.44. The van der Waals surface area contributed by atoms with E-state index < -0.39 is 5.97 Å². The fraction of sp³-hybridized carbons (Fsp3) is 0.769. The molecule has 0 unspecified atom stereocenters. The molecular weight excluding hydrogens is 248 g/mol. The molecule has 2 amide bonds. The number of carbonyl (C=O) groups excluding carboxylic acids is 2. The first-order chi connectivity index (χ1) is 8.91. The number of carboxylic acids is 1. The van der Waals surface area contributed by atoms with Gasteiger partial charge in [-0.2, -0.15) is 0 Å². The summed E-state index contributed by atoms with van der Waals surface area (Å²) in [5, 5.41) is 13.9. The van der Waals surface area contributed by atoms with E-state index in [1.54, 1.807) is 0 Å². The molecule has 3 N–H and O–H groups in total. The van der Waals surface area contributed by atoms with Crippen LogP contribution < -0.4 is 10.6 Å². The van der Waals surface area contributed by atoms with Gasteiger partial charge in [-0.25, -0.2) is 0 Å². The van der Waals surface area contributed by atoms with Crippen LogP contribution in [0.5, 0.6) is 0 Å². The minimum atomic E-state index is -0.817. The van der Waals surface area contributed by atoms with Crippen LogP contribution in [0.15, 0.2) is 0 Å². The zero-order valence-electron chi connectivity index (χ0n) is 11.7.